The van der Waals surface area contributed by atoms with E-state index in [2.05, 4.69) is 0 Å². The van der Waals surface area contributed by atoms with Gasteiger partial charge in [0.05, 0.1) is 12.5 Å². The first-order valence-corrected chi connectivity index (χ1v) is 6.44. The highest BCUT2D eigenvalue weighted by atomic mass is 16.5. The summed E-state index contributed by atoms with van der Waals surface area (Å²) in [5, 5.41) is 9.52. The van der Waals surface area contributed by atoms with Crippen molar-refractivity contribution in [1.82, 2.24) is 0 Å². The van der Waals surface area contributed by atoms with Gasteiger partial charge in [0.15, 0.2) is 0 Å². The smallest absolute Gasteiger partial charge is 0.309 e. The van der Waals surface area contributed by atoms with Crippen molar-refractivity contribution in [3.8, 4) is 5.75 Å². The summed E-state index contributed by atoms with van der Waals surface area (Å²) >= 11 is 0. The summed E-state index contributed by atoms with van der Waals surface area (Å²) in [6.45, 7) is 0. The van der Waals surface area contributed by atoms with Gasteiger partial charge < -0.3 is 9.84 Å². The highest BCUT2D eigenvalue weighted by Crippen LogP contribution is 2.38. The fraction of sp³-hybridized carbons (Fsp3) is 0.467. The Kier molecular flexibility index (Phi) is 3.88. The van der Waals surface area contributed by atoms with Crippen LogP contribution in [0.3, 0.4) is 0 Å². The number of hydrogen-bond acceptors (Lipinski definition) is 3. The Hall–Kier alpha value is -1.84. The van der Waals surface area contributed by atoms with Gasteiger partial charge in [0.25, 0.3) is 0 Å². The number of carbonyl (C=O) groups is 2. The Labute approximate surface area is 112 Å². The molecule has 1 aromatic rings. The molecule has 0 spiro atoms. The van der Waals surface area contributed by atoms with Crippen LogP contribution < -0.4 is 4.74 Å². The molecule has 19 heavy (non-hydrogen) atoms. The van der Waals surface area contributed by atoms with E-state index in [1.165, 1.54) is 0 Å². The van der Waals surface area contributed by atoms with E-state index < -0.39 is 11.4 Å². The highest BCUT2D eigenvalue weighted by Gasteiger charge is 2.41. The Bertz CT molecular complexity index is 483. The number of carboxylic acids is 1. The van der Waals surface area contributed by atoms with E-state index in [9.17, 15) is 14.7 Å². The summed E-state index contributed by atoms with van der Waals surface area (Å²) in [6.07, 6.45) is 2.05. The quantitative estimate of drug-likeness (QED) is 0.905. The van der Waals surface area contributed by atoms with E-state index in [0.29, 0.717) is 32.1 Å². The van der Waals surface area contributed by atoms with Crippen LogP contribution in [-0.2, 0) is 16.0 Å². The summed E-state index contributed by atoms with van der Waals surface area (Å²) < 4.78 is 5.15. The maximum absolute atomic E-state index is 11.6. The number of hydrogen-bond donors (Lipinski definition) is 1. The van der Waals surface area contributed by atoms with Gasteiger partial charge in [0, 0.05) is 12.8 Å². The van der Waals surface area contributed by atoms with Crippen LogP contribution in [0.1, 0.15) is 31.2 Å². The van der Waals surface area contributed by atoms with Crippen LogP contribution in [0.5, 0.6) is 5.75 Å². The molecule has 102 valence electrons. The van der Waals surface area contributed by atoms with Crippen LogP contribution >= 0.6 is 0 Å². The maximum Gasteiger partial charge on any atom is 0.309 e. The third-order valence-corrected chi connectivity index (χ3v) is 3.90. The molecule has 0 atom stereocenters. The van der Waals surface area contributed by atoms with Crippen molar-refractivity contribution in [2.45, 2.75) is 32.1 Å². The molecule has 0 unspecified atom stereocenters. The first kappa shape index (κ1) is 13.6. The zero-order valence-corrected chi connectivity index (χ0v) is 11.0. The van der Waals surface area contributed by atoms with Crippen molar-refractivity contribution in [2.24, 2.45) is 5.41 Å². The van der Waals surface area contributed by atoms with Crippen LogP contribution in [0, 0.1) is 5.41 Å². The number of methoxy groups -OCH3 is 1. The van der Waals surface area contributed by atoms with Gasteiger partial charge in [-0.1, -0.05) is 12.1 Å². The van der Waals surface area contributed by atoms with E-state index in [4.69, 9.17) is 4.74 Å². The predicted octanol–water partition coefficient (Wildman–Crippen LogP) is 2.45. The molecule has 0 aromatic heterocycles. The van der Waals surface area contributed by atoms with Crippen molar-refractivity contribution in [3.63, 3.8) is 0 Å². The number of ketones is 1. The Balaban J connectivity index is 2.21. The third-order valence-electron chi connectivity index (χ3n) is 3.90. The van der Waals surface area contributed by atoms with Crippen molar-refractivity contribution >= 4 is 11.8 Å². The van der Waals surface area contributed by atoms with Crippen molar-refractivity contribution in [2.75, 3.05) is 7.11 Å². The molecule has 1 aliphatic carbocycles. The normalized spacial score (nSPS) is 18.1. The number of benzene rings is 1. The Morgan fingerprint density at radius 2 is 2.05 bits per heavy atom. The molecular formula is C15H18O4. The lowest BCUT2D eigenvalue weighted by atomic mass is 9.70. The summed E-state index contributed by atoms with van der Waals surface area (Å²) in [7, 11) is 1.59. The molecule has 1 N–H and O–H groups in total. The second kappa shape index (κ2) is 5.43. The third kappa shape index (κ3) is 2.95. The predicted molar refractivity (Wildman–Crippen MR) is 70.2 cm³/mol. The lowest BCUT2D eigenvalue weighted by molar-refractivity contribution is -0.152. The van der Waals surface area contributed by atoms with Gasteiger partial charge in [0.1, 0.15) is 11.5 Å². The molecule has 1 saturated carbocycles. The number of Topliss-reactive ketones (excluding diaryl/α,β-unsaturated/α-hetero) is 1. The van der Waals surface area contributed by atoms with Crippen molar-refractivity contribution in [3.05, 3.63) is 29.8 Å². The number of aliphatic carboxylic acids is 1. The minimum Gasteiger partial charge on any atom is -0.497 e. The van der Waals surface area contributed by atoms with Gasteiger partial charge in [-0.2, -0.15) is 0 Å². The zero-order valence-electron chi connectivity index (χ0n) is 11.0. The number of carbonyl (C=O) groups excluding carboxylic acids is 1. The van der Waals surface area contributed by atoms with Crippen molar-refractivity contribution in [1.29, 1.82) is 0 Å². The van der Waals surface area contributed by atoms with Gasteiger partial charge in [0.2, 0.25) is 0 Å². The summed E-state index contributed by atoms with van der Waals surface area (Å²) in [5.74, 6) is 0.0928. The molecule has 1 aromatic carbocycles. The first-order valence-electron chi connectivity index (χ1n) is 6.44. The van der Waals surface area contributed by atoms with E-state index >= 15 is 0 Å². The number of rotatable bonds is 4. The standard InChI is InChI=1S/C15H18O4/c1-19-13-4-2-3-11(9-13)10-15(14(17)18)7-5-12(16)6-8-15/h2-4,9H,5-8,10H2,1H3,(H,17,18). The number of carboxylic acid groups (broad SMARTS) is 1. The minimum atomic E-state index is -0.805. The SMILES string of the molecule is COc1cccc(CC2(C(=O)O)CCC(=O)CC2)c1. The summed E-state index contributed by atoms with van der Waals surface area (Å²) in [4.78, 5) is 22.9. The molecular weight excluding hydrogens is 244 g/mol. The van der Waals surface area contributed by atoms with Crippen LogP contribution in [0.4, 0.5) is 0 Å². The Morgan fingerprint density at radius 1 is 1.37 bits per heavy atom. The van der Waals surface area contributed by atoms with Crippen LogP contribution in [-0.4, -0.2) is 24.0 Å². The first-order chi connectivity index (χ1) is 9.05. The van der Waals surface area contributed by atoms with Crippen molar-refractivity contribution < 1.29 is 19.4 Å². The number of ether oxygens (including phenoxy) is 1. The molecule has 0 radical (unpaired) electrons. The van der Waals surface area contributed by atoms with E-state index in [-0.39, 0.29) is 5.78 Å². The molecule has 0 aliphatic heterocycles. The van der Waals surface area contributed by atoms with Crippen LogP contribution in [0.25, 0.3) is 0 Å². The zero-order chi connectivity index (χ0) is 13.9. The Morgan fingerprint density at radius 3 is 2.63 bits per heavy atom. The average Bonchev–Trinajstić information content (AvgIpc) is 2.41. The molecule has 0 heterocycles. The molecule has 1 fully saturated rings. The van der Waals surface area contributed by atoms with E-state index in [1.807, 2.05) is 24.3 Å². The van der Waals surface area contributed by atoms with Crippen LogP contribution in [0.2, 0.25) is 0 Å². The van der Waals surface area contributed by atoms with Gasteiger partial charge in [-0.15, -0.1) is 0 Å². The van der Waals surface area contributed by atoms with Crippen LogP contribution in [0.15, 0.2) is 24.3 Å². The summed E-state index contributed by atoms with van der Waals surface area (Å²) in [5.41, 5.74) is 0.136. The fourth-order valence-corrected chi connectivity index (χ4v) is 2.65. The van der Waals surface area contributed by atoms with E-state index in [0.717, 1.165) is 11.3 Å². The second-order valence-corrected chi connectivity index (χ2v) is 5.15. The molecule has 0 saturated heterocycles. The second-order valence-electron chi connectivity index (χ2n) is 5.15. The van der Waals surface area contributed by atoms with Gasteiger partial charge in [-0.05, 0) is 37.0 Å². The lowest BCUT2D eigenvalue weighted by Gasteiger charge is -2.32. The minimum absolute atomic E-state index is 0.169. The fourth-order valence-electron chi connectivity index (χ4n) is 2.65. The molecule has 4 heteroatoms. The highest BCUT2D eigenvalue weighted by molar-refractivity contribution is 5.84. The topological polar surface area (TPSA) is 63.6 Å². The molecule has 2 rings (SSSR count). The monoisotopic (exact) mass is 262 g/mol. The molecule has 1 aliphatic rings. The lowest BCUT2D eigenvalue weighted by Crippen LogP contribution is -2.37. The molecule has 0 bridgehead atoms. The maximum atomic E-state index is 11.6. The molecule has 4 nitrogen and oxygen atoms in total. The average molecular weight is 262 g/mol. The van der Waals surface area contributed by atoms with E-state index in [1.54, 1.807) is 7.11 Å². The van der Waals surface area contributed by atoms with Gasteiger partial charge >= 0.3 is 5.97 Å². The summed E-state index contributed by atoms with van der Waals surface area (Å²) in [6, 6.07) is 7.46. The van der Waals surface area contributed by atoms with Gasteiger partial charge in [-0.25, -0.2) is 0 Å². The molecule has 0 amide bonds. The van der Waals surface area contributed by atoms with Gasteiger partial charge in [-0.3, -0.25) is 9.59 Å². The largest absolute Gasteiger partial charge is 0.497 e.